The average molecular weight is 295 g/mol. The van der Waals surface area contributed by atoms with Crippen LogP contribution in [-0.4, -0.2) is 25.7 Å². The second-order valence-electron chi connectivity index (χ2n) is 3.85. The number of carboxylic acid groups (broad SMARTS) is 1. The fraction of sp³-hybridized carbons (Fsp3) is 0. The number of imidazole rings is 1. The number of benzene rings is 1. The van der Waals surface area contributed by atoms with Crippen LogP contribution >= 0.6 is 22.9 Å². The first-order valence-electron chi connectivity index (χ1n) is 5.25. The summed E-state index contributed by atoms with van der Waals surface area (Å²) in [6.45, 7) is 0. The molecule has 96 valence electrons. The van der Waals surface area contributed by atoms with Gasteiger partial charge in [0, 0.05) is 11.1 Å². The van der Waals surface area contributed by atoms with Gasteiger partial charge in [0.05, 0.1) is 11.0 Å². The zero-order valence-electron chi connectivity index (χ0n) is 9.37. The van der Waals surface area contributed by atoms with Crippen molar-refractivity contribution in [2.45, 2.75) is 0 Å². The van der Waals surface area contributed by atoms with Gasteiger partial charge in [0.25, 0.3) is 0 Å². The molecule has 0 atom stereocenters. The molecule has 0 bridgehead atoms. The van der Waals surface area contributed by atoms with E-state index in [9.17, 15) is 9.90 Å². The zero-order chi connectivity index (χ0) is 13.6. The molecule has 0 fully saturated rings. The Labute approximate surface area is 116 Å². The zero-order valence-corrected chi connectivity index (χ0v) is 10.9. The molecule has 2 heterocycles. The third-order valence-corrected chi connectivity index (χ3v) is 3.99. The van der Waals surface area contributed by atoms with Crippen LogP contribution in [0.3, 0.4) is 0 Å². The molecule has 3 aromatic rings. The number of carboxylic acids is 1. The number of aromatic hydroxyl groups is 1. The van der Waals surface area contributed by atoms with E-state index in [4.69, 9.17) is 16.7 Å². The standard InChI is InChI=1S/C12H7ClN2O3S/c13-6-1-2-8-7(3-6)14-5-15(8)10-4-9(16)11(19-10)12(17)18/h1-5,16H,(H,17,18). The largest absolute Gasteiger partial charge is 0.506 e. The van der Waals surface area contributed by atoms with Crippen molar-refractivity contribution in [3.8, 4) is 10.8 Å². The topological polar surface area (TPSA) is 75.3 Å². The van der Waals surface area contributed by atoms with Crippen LogP contribution in [0.25, 0.3) is 16.0 Å². The van der Waals surface area contributed by atoms with E-state index in [2.05, 4.69) is 4.98 Å². The first kappa shape index (κ1) is 12.0. The summed E-state index contributed by atoms with van der Waals surface area (Å²) < 4.78 is 1.71. The summed E-state index contributed by atoms with van der Waals surface area (Å²) in [4.78, 5) is 15.0. The van der Waals surface area contributed by atoms with Crippen molar-refractivity contribution in [2.24, 2.45) is 0 Å². The van der Waals surface area contributed by atoms with Crippen molar-refractivity contribution < 1.29 is 15.0 Å². The molecule has 0 radical (unpaired) electrons. The Hall–Kier alpha value is -2.05. The number of thiophene rings is 1. The molecule has 0 saturated heterocycles. The van der Waals surface area contributed by atoms with E-state index in [1.807, 2.05) is 0 Å². The Morgan fingerprint density at radius 1 is 1.37 bits per heavy atom. The lowest BCUT2D eigenvalue weighted by Gasteiger charge is -1.99. The Morgan fingerprint density at radius 2 is 2.16 bits per heavy atom. The van der Waals surface area contributed by atoms with E-state index >= 15 is 0 Å². The lowest BCUT2D eigenvalue weighted by atomic mass is 10.3. The van der Waals surface area contributed by atoms with Gasteiger partial charge >= 0.3 is 5.97 Å². The normalized spacial score (nSPS) is 11.0. The van der Waals surface area contributed by atoms with Gasteiger partial charge < -0.3 is 10.2 Å². The first-order valence-corrected chi connectivity index (χ1v) is 6.45. The molecule has 5 nitrogen and oxygen atoms in total. The first-order chi connectivity index (χ1) is 9.06. The number of aromatic nitrogens is 2. The minimum atomic E-state index is -1.15. The minimum absolute atomic E-state index is 0.0918. The molecule has 19 heavy (non-hydrogen) atoms. The maximum atomic E-state index is 10.9. The smallest absolute Gasteiger partial charge is 0.349 e. The number of hydrogen-bond donors (Lipinski definition) is 2. The summed E-state index contributed by atoms with van der Waals surface area (Å²) >= 11 is 6.87. The van der Waals surface area contributed by atoms with Gasteiger partial charge in [0.2, 0.25) is 0 Å². The maximum absolute atomic E-state index is 10.9. The van der Waals surface area contributed by atoms with Crippen LogP contribution in [0.4, 0.5) is 0 Å². The van der Waals surface area contributed by atoms with E-state index in [1.54, 1.807) is 29.1 Å². The molecule has 0 spiro atoms. The highest BCUT2D eigenvalue weighted by molar-refractivity contribution is 7.16. The second kappa shape index (κ2) is 4.25. The highest BCUT2D eigenvalue weighted by Crippen LogP contribution is 2.33. The van der Waals surface area contributed by atoms with Gasteiger partial charge in [0.1, 0.15) is 17.1 Å². The lowest BCUT2D eigenvalue weighted by molar-refractivity contribution is 0.0699. The van der Waals surface area contributed by atoms with Crippen molar-refractivity contribution in [3.05, 3.63) is 40.5 Å². The fourth-order valence-electron chi connectivity index (χ4n) is 1.80. The highest BCUT2D eigenvalue weighted by Gasteiger charge is 2.16. The van der Waals surface area contributed by atoms with Crippen molar-refractivity contribution in [2.75, 3.05) is 0 Å². The molecular weight excluding hydrogens is 288 g/mol. The van der Waals surface area contributed by atoms with Gasteiger partial charge in [-0.1, -0.05) is 11.6 Å². The van der Waals surface area contributed by atoms with Crippen LogP contribution in [0.5, 0.6) is 5.75 Å². The molecule has 0 amide bonds. The monoisotopic (exact) mass is 294 g/mol. The Bertz CT molecular complexity index is 793. The average Bonchev–Trinajstić information content (AvgIpc) is 2.91. The van der Waals surface area contributed by atoms with Crippen molar-refractivity contribution >= 4 is 39.9 Å². The number of aromatic carboxylic acids is 1. The van der Waals surface area contributed by atoms with E-state index in [0.29, 0.717) is 15.5 Å². The van der Waals surface area contributed by atoms with Crippen LogP contribution in [0.15, 0.2) is 30.6 Å². The predicted octanol–water partition coefficient (Wildman–Crippen LogP) is 3.14. The summed E-state index contributed by atoms with van der Waals surface area (Å²) in [6.07, 6.45) is 1.57. The second-order valence-corrected chi connectivity index (χ2v) is 5.32. The summed E-state index contributed by atoms with van der Waals surface area (Å²) in [7, 11) is 0. The van der Waals surface area contributed by atoms with Gasteiger partial charge in [-0.05, 0) is 18.2 Å². The van der Waals surface area contributed by atoms with Crippen molar-refractivity contribution in [3.63, 3.8) is 0 Å². The van der Waals surface area contributed by atoms with E-state index in [1.165, 1.54) is 6.07 Å². The van der Waals surface area contributed by atoms with Gasteiger partial charge in [-0.25, -0.2) is 9.78 Å². The summed E-state index contributed by atoms with van der Waals surface area (Å²) in [5.74, 6) is -1.40. The van der Waals surface area contributed by atoms with Gasteiger partial charge in [0.15, 0.2) is 4.88 Å². The molecule has 0 aliphatic heterocycles. The van der Waals surface area contributed by atoms with Gasteiger partial charge in [-0.15, -0.1) is 11.3 Å². The van der Waals surface area contributed by atoms with E-state index in [-0.39, 0.29) is 10.6 Å². The lowest BCUT2D eigenvalue weighted by Crippen LogP contribution is -1.91. The summed E-state index contributed by atoms with van der Waals surface area (Å²) in [5, 5.41) is 19.7. The highest BCUT2D eigenvalue weighted by atomic mass is 35.5. The Kier molecular flexibility index (Phi) is 2.69. The summed E-state index contributed by atoms with van der Waals surface area (Å²) in [5.41, 5.74) is 1.50. The maximum Gasteiger partial charge on any atom is 0.349 e. The van der Waals surface area contributed by atoms with Crippen molar-refractivity contribution in [1.29, 1.82) is 0 Å². The molecule has 7 heteroatoms. The molecule has 1 aromatic carbocycles. The molecule has 2 N–H and O–H groups in total. The third-order valence-electron chi connectivity index (χ3n) is 2.64. The van der Waals surface area contributed by atoms with Crippen LogP contribution < -0.4 is 0 Å². The number of nitrogens with zero attached hydrogens (tertiary/aromatic N) is 2. The SMILES string of the molecule is O=C(O)c1sc(-n2cnc3cc(Cl)ccc32)cc1O. The molecule has 0 aliphatic rings. The number of fused-ring (bicyclic) bond motifs is 1. The van der Waals surface area contributed by atoms with Gasteiger partial charge in [-0.3, -0.25) is 4.57 Å². The number of rotatable bonds is 2. The number of carbonyl (C=O) groups is 1. The van der Waals surface area contributed by atoms with Crippen LogP contribution in [0.1, 0.15) is 9.67 Å². The van der Waals surface area contributed by atoms with E-state index < -0.39 is 5.97 Å². The molecule has 0 aliphatic carbocycles. The third kappa shape index (κ3) is 1.94. The molecular formula is C12H7ClN2O3S. The summed E-state index contributed by atoms with van der Waals surface area (Å²) in [6, 6.07) is 6.65. The molecule has 0 unspecified atom stereocenters. The molecule has 3 rings (SSSR count). The molecule has 0 saturated carbocycles. The minimum Gasteiger partial charge on any atom is -0.506 e. The van der Waals surface area contributed by atoms with Gasteiger partial charge in [-0.2, -0.15) is 0 Å². The predicted molar refractivity (Wildman–Crippen MR) is 72.6 cm³/mol. The molecule has 2 aromatic heterocycles. The fourth-order valence-corrected chi connectivity index (χ4v) is 2.84. The van der Waals surface area contributed by atoms with Crippen molar-refractivity contribution in [1.82, 2.24) is 9.55 Å². The van der Waals surface area contributed by atoms with Crippen LogP contribution in [0, 0.1) is 0 Å². The Balaban J connectivity index is 2.19. The Morgan fingerprint density at radius 3 is 2.84 bits per heavy atom. The van der Waals surface area contributed by atoms with Crippen LogP contribution in [0.2, 0.25) is 5.02 Å². The van der Waals surface area contributed by atoms with E-state index in [0.717, 1.165) is 16.9 Å². The quantitative estimate of drug-likeness (QED) is 0.761. The van der Waals surface area contributed by atoms with Crippen LogP contribution in [-0.2, 0) is 0 Å². The number of hydrogen-bond acceptors (Lipinski definition) is 4. The number of halogens is 1.